The molecule has 10 heteroatoms. The smallest absolute Gasteiger partial charge is 0.270 e. The Kier molecular flexibility index (Phi) is 7.82. The first kappa shape index (κ1) is 23.1. The molecule has 1 N–H and O–H groups in total. The second kappa shape index (κ2) is 11.2. The van der Waals surface area contributed by atoms with Crippen LogP contribution in [0, 0.1) is 6.92 Å². The summed E-state index contributed by atoms with van der Waals surface area (Å²) in [4.78, 5) is 21.0. The average Bonchev–Trinajstić information content (AvgIpc) is 3.49. The molecule has 0 unspecified atom stereocenters. The highest BCUT2D eigenvalue weighted by atomic mass is 32.2. The number of methoxy groups -OCH3 is 1. The number of thiazole rings is 1. The molecule has 33 heavy (non-hydrogen) atoms. The summed E-state index contributed by atoms with van der Waals surface area (Å²) < 4.78 is 7.05. The number of pyridine rings is 1. The number of nitrogens with one attached hydrogen (secondary N) is 1. The van der Waals surface area contributed by atoms with E-state index < -0.39 is 0 Å². The zero-order chi connectivity index (χ0) is 23.0. The summed E-state index contributed by atoms with van der Waals surface area (Å²) in [5.41, 5.74) is 3.45. The van der Waals surface area contributed by atoms with Crippen molar-refractivity contribution in [2.75, 3.05) is 20.3 Å². The summed E-state index contributed by atoms with van der Waals surface area (Å²) in [5.74, 6) is 1.15. The molecule has 1 aromatic carbocycles. The molecule has 0 bridgehead atoms. The fourth-order valence-corrected chi connectivity index (χ4v) is 4.93. The molecular formula is C23H24N6O2S2. The van der Waals surface area contributed by atoms with E-state index in [0.717, 1.165) is 39.2 Å². The van der Waals surface area contributed by atoms with E-state index in [1.807, 2.05) is 28.8 Å². The summed E-state index contributed by atoms with van der Waals surface area (Å²) >= 11 is 3.00. The maximum absolute atomic E-state index is 12.3. The molecule has 4 rings (SSSR count). The van der Waals surface area contributed by atoms with E-state index >= 15 is 0 Å². The molecule has 0 radical (unpaired) electrons. The number of carbonyl (C=O) groups is 1. The molecule has 1 amide bonds. The summed E-state index contributed by atoms with van der Waals surface area (Å²) in [6, 6.07) is 12.0. The number of aryl methyl sites for hydroxylation is 1. The van der Waals surface area contributed by atoms with Gasteiger partial charge in [-0.15, -0.1) is 21.5 Å². The maximum Gasteiger partial charge on any atom is 0.270 e. The van der Waals surface area contributed by atoms with E-state index in [9.17, 15) is 4.79 Å². The molecule has 0 atom stereocenters. The molecule has 0 aliphatic heterocycles. The maximum atomic E-state index is 12.3. The van der Waals surface area contributed by atoms with Gasteiger partial charge in [0.2, 0.25) is 0 Å². The number of carbonyl (C=O) groups excluding carboxylic acids is 1. The van der Waals surface area contributed by atoms with E-state index in [1.165, 1.54) is 23.1 Å². The number of hydrogen-bond acceptors (Lipinski definition) is 8. The highest BCUT2D eigenvalue weighted by Crippen LogP contribution is 2.31. The highest BCUT2D eigenvalue weighted by Gasteiger charge is 2.18. The van der Waals surface area contributed by atoms with Crippen molar-refractivity contribution < 1.29 is 9.53 Å². The number of nitrogens with zero attached hydrogens (tertiary/aromatic N) is 5. The lowest BCUT2D eigenvalue weighted by molar-refractivity contribution is 0.0944. The lowest BCUT2D eigenvalue weighted by atomic mass is 10.2. The van der Waals surface area contributed by atoms with Crippen LogP contribution < -0.4 is 5.32 Å². The number of para-hydroxylation sites is 1. The molecular weight excluding hydrogens is 456 g/mol. The Morgan fingerprint density at radius 1 is 1.21 bits per heavy atom. The Bertz CT molecular complexity index is 1210. The van der Waals surface area contributed by atoms with Gasteiger partial charge in [-0.25, -0.2) is 4.98 Å². The van der Waals surface area contributed by atoms with Gasteiger partial charge < -0.3 is 10.1 Å². The molecule has 0 fully saturated rings. The van der Waals surface area contributed by atoms with Crippen molar-refractivity contribution in [1.29, 1.82) is 0 Å². The van der Waals surface area contributed by atoms with Crippen LogP contribution in [0.4, 0.5) is 0 Å². The van der Waals surface area contributed by atoms with Crippen LogP contribution in [0.25, 0.3) is 17.1 Å². The van der Waals surface area contributed by atoms with Crippen LogP contribution >= 0.6 is 23.1 Å². The molecule has 0 saturated carbocycles. The minimum Gasteiger partial charge on any atom is -0.385 e. The lowest BCUT2D eigenvalue weighted by Gasteiger charge is -2.12. The minimum absolute atomic E-state index is 0.166. The fourth-order valence-electron chi connectivity index (χ4n) is 3.19. The van der Waals surface area contributed by atoms with Gasteiger partial charge in [0, 0.05) is 43.6 Å². The lowest BCUT2D eigenvalue weighted by Crippen LogP contribution is -2.25. The van der Waals surface area contributed by atoms with Crippen molar-refractivity contribution in [2.24, 2.45) is 0 Å². The molecule has 0 spiro atoms. The Morgan fingerprint density at radius 3 is 2.88 bits per heavy atom. The molecule has 0 saturated heterocycles. The second-order valence-corrected chi connectivity index (χ2v) is 9.07. The number of hydrogen-bond donors (Lipinski definition) is 1. The van der Waals surface area contributed by atoms with Gasteiger partial charge in [-0.2, -0.15) is 0 Å². The third kappa shape index (κ3) is 5.65. The van der Waals surface area contributed by atoms with E-state index in [4.69, 9.17) is 4.74 Å². The van der Waals surface area contributed by atoms with Crippen LogP contribution in [0.5, 0.6) is 0 Å². The second-order valence-electron chi connectivity index (χ2n) is 7.19. The van der Waals surface area contributed by atoms with Crippen molar-refractivity contribution in [3.63, 3.8) is 0 Å². The predicted octanol–water partition coefficient (Wildman–Crippen LogP) is 4.15. The summed E-state index contributed by atoms with van der Waals surface area (Å²) in [5, 5.41) is 15.2. The van der Waals surface area contributed by atoms with Gasteiger partial charge in [0.1, 0.15) is 10.7 Å². The SMILES string of the molecule is COCCCNC(=O)c1csc(CSc2nnc(-c3cccnc3)n2-c2ccccc2C)n1. The summed E-state index contributed by atoms with van der Waals surface area (Å²) in [7, 11) is 1.64. The Morgan fingerprint density at radius 2 is 2.09 bits per heavy atom. The Balaban J connectivity index is 1.53. The van der Waals surface area contributed by atoms with E-state index in [0.29, 0.717) is 24.6 Å². The molecule has 0 aliphatic rings. The van der Waals surface area contributed by atoms with Crippen LogP contribution in [0.15, 0.2) is 59.3 Å². The standard InChI is InChI=1S/C23H24N6O2S2/c1-16-7-3-4-9-19(16)29-21(17-8-5-10-24-13-17)27-28-23(29)33-15-20-26-18(14-32-20)22(30)25-11-6-12-31-2/h3-5,7-10,13-14H,6,11-12,15H2,1-2H3,(H,25,30). The summed E-state index contributed by atoms with van der Waals surface area (Å²) in [6.07, 6.45) is 4.29. The number of benzene rings is 1. The largest absolute Gasteiger partial charge is 0.385 e. The number of rotatable bonds is 10. The minimum atomic E-state index is -0.166. The van der Waals surface area contributed by atoms with Crippen LogP contribution in [-0.2, 0) is 10.5 Å². The van der Waals surface area contributed by atoms with Gasteiger partial charge >= 0.3 is 0 Å². The first-order valence-electron chi connectivity index (χ1n) is 10.4. The van der Waals surface area contributed by atoms with Crippen molar-refractivity contribution in [2.45, 2.75) is 24.3 Å². The van der Waals surface area contributed by atoms with Gasteiger partial charge in [-0.05, 0) is 37.1 Å². The van der Waals surface area contributed by atoms with Gasteiger partial charge in [0.05, 0.1) is 11.4 Å². The first-order valence-corrected chi connectivity index (χ1v) is 12.3. The number of ether oxygens (including phenoxy) is 1. The molecule has 8 nitrogen and oxygen atoms in total. The topological polar surface area (TPSA) is 94.8 Å². The zero-order valence-electron chi connectivity index (χ0n) is 18.4. The van der Waals surface area contributed by atoms with Crippen LogP contribution in [0.1, 0.15) is 27.5 Å². The molecule has 0 aliphatic carbocycles. The molecule has 4 aromatic rings. The zero-order valence-corrected chi connectivity index (χ0v) is 20.0. The molecule has 3 aromatic heterocycles. The van der Waals surface area contributed by atoms with Crippen LogP contribution in [-0.4, -0.2) is 50.9 Å². The van der Waals surface area contributed by atoms with Crippen LogP contribution in [0.2, 0.25) is 0 Å². The number of amides is 1. The van der Waals surface area contributed by atoms with Gasteiger partial charge in [0.25, 0.3) is 5.91 Å². The molecule has 170 valence electrons. The van der Waals surface area contributed by atoms with Crippen molar-refractivity contribution >= 4 is 29.0 Å². The van der Waals surface area contributed by atoms with E-state index in [1.54, 1.807) is 24.9 Å². The molecule has 3 heterocycles. The van der Waals surface area contributed by atoms with Gasteiger partial charge in [-0.3, -0.25) is 14.3 Å². The normalized spacial score (nSPS) is 11.0. The third-order valence-corrected chi connectivity index (χ3v) is 6.80. The van der Waals surface area contributed by atoms with Crippen molar-refractivity contribution in [3.8, 4) is 17.1 Å². The average molecular weight is 481 g/mol. The van der Waals surface area contributed by atoms with Crippen molar-refractivity contribution in [3.05, 3.63) is 70.4 Å². The van der Waals surface area contributed by atoms with Gasteiger partial charge in [-0.1, -0.05) is 30.0 Å². The summed E-state index contributed by atoms with van der Waals surface area (Å²) in [6.45, 7) is 3.24. The highest BCUT2D eigenvalue weighted by molar-refractivity contribution is 7.98. The number of thioether (sulfide) groups is 1. The first-order chi connectivity index (χ1) is 16.2. The number of aromatic nitrogens is 5. The Hall–Kier alpha value is -3.08. The fraction of sp³-hybridized carbons (Fsp3) is 0.261. The monoisotopic (exact) mass is 480 g/mol. The quantitative estimate of drug-likeness (QED) is 0.269. The predicted molar refractivity (Wildman–Crippen MR) is 130 cm³/mol. The third-order valence-electron chi connectivity index (χ3n) is 4.83. The van der Waals surface area contributed by atoms with E-state index in [-0.39, 0.29) is 5.91 Å². The van der Waals surface area contributed by atoms with Crippen LogP contribution in [0.3, 0.4) is 0 Å². The van der Waals surface area contributed by atoms with Crippen molar-refractivity contribution in [1.82, 2.24) is 30.0 Å². The van der Waals surface area contributed by atoms with E-state index in [2.05, 4.69) is 44.5 Å². The Labute approximate surface area is 200 Å². The van der Waals surface area contributed by atoms with Gasteiger partial charge in [0.15, 0.2) is 11.0 Å².